The number of hydrogen-bond acceptors (Lipinski definition) is 10. The molecular weight excluding hydrogens is 358 g/mol. The minimum Gasteiger partial charge on any atom is -0.390 e. The first-order valence-corrected chi connectivity index (χ1v) is 9.11. The molecule has 27 heavy (non-hydrogen) atoms. The highest BCUT2D eigenvalue weighted by molar-refractivity contribution is 5.78. The number of amides is 1. The van der Waals surface area contributed by atoms with Crippen molar-refractivity contribution in [1.29, 1.82) is 0 Å². The molecule has 1 heterocycles. The number of carbonyl (C=O) groups excluding carboxylic acids is 1. The van der Waals surface area contributed by atoms with E-state index in [-0.39, 0.29) is 25.4 Å². The molecule has 11 nitrogen and oxygen atoms in total. The number of likely N-dealkylation sites (N-methyl/N-ethyl adjacent to an activating group) is 1. The van der Waals surface area contributed by atoms with E-state index < -0.39 is 54.9 Å². The fourth-order valence-corrected chi connectivity index (χ4v) is 3.82. The molecule has 0 bridgehead atoms. The van der Waals surface area contributed by atoms with E-state index in [9.17, 15) is 15.0 Å². The van der Waals surface area contributed by atoms with Gasteiger partial charge in [0.05, 0.1) is 36.9 Å². The van der Waals surface area contributed by atoms with Gasteiger partial charge < -0.3 is 52.3 Å². The molecule has 9 atom stereocenters. The molecule has 2 aliphatic rings. The normalized spacial score (nSPS) is 42.7. The van der Waals surface area contributed by atoms with Crippen LogP contribution < -0.4 is 22.9 Å². The van der Waals surface area contributed by atoms with Crippen LogP contribution in [-0.2, 0) is 19.0 Å². The van der Waals surface area contributed by atoms with Crippen molar-refractivity contribution in [2.24, 2.45) is 22.9 Å². The fourth-order valence-electron chi connectivity index (χ4n) is 3.82. The summed E-state index contributed by atoms with van der Waals surface area (Å²) in [5, 5.41) is 20.9. The molecule has 0 aromatic heterocycles. The third-order valence-corrected chi connectivity index (χ3v) is 5.44. The molecule has 1 aliphatic heterocycles. The van der Waals surface area contributed by atoms with Gasteiger partial charge in [-0.1, -0.05) is 0 Å². The van der Waals surface area contributed by atoms with Crippen molar-refractivity contribution in [3.05, 3.63) is 0 Å². The quantitative estimate of drug-likeness (QED) is 0.260. The van der Waals surface area contributed by atoms with E-state index in [1.807, 2.05) is 0 Å². The van der Waals surface area contributed by atoms with Gasteiger partial charge in [0.15, 0.2) is 6.29 Å². The van der Waals surface area contributed by atoms with Crippen LogP contribution in [0.5, 0.6) is 0 Å². The van der Waals surface area contributed by atoms with Crippen molar-refractivity contribution >= 4 is 5.91 Å². The highest BCUT2D eigenvalue weighted by atomic mass is 16.7. The number of aliphatic hydroxyl groups is 2. The highest BCUT2D eigenvalue weighted by Gasteiger charge is 2.48. The second-order valence-corrected chi connectivity index (χ2v) is 7.21. The van der Waals surface area contributed by atoms with Crippen molar-refractivity contribution < 1.29 is 29.2 Å². The number of carbonyl (C=O) groups is 1. The summed E-state index contributed by atoms with van der Waals surface area (Å²) in [5.41, 5.74) is 23.3. The van der Waals surface area contributed by atoms with Gasteiger partial charge in [0.25, 0.3) is 0 Å². The molecule has 1 aliphatic carbocycles. The second kappa shape index (κ2) is 9.54. The van der Waals surface area contributed by atoms with Crippen LogP contribution in [0.2, 0.25) is 0 Å². The molecule has 0 spiro atoms. The predicted octanol–water partition coefficient (Wildman–Crippen LogP) is -3.97. The van der Waals surface area contributed by atoms with Gasteiger partial charge in [-0.15, -0.1) is 0 Å². The van der Waals surface area contributed by atoms with Crippen LogP contribution >= 0.6 is 0 Å². The maximum absolute atomic E-state index is 12.0. The Labute approximate surface area is 158 Å². The number of nitrogens with two attached hydrogens (primary N) is 4. The van der Waals surface area contributed by atoms with Crippen molar-refractivity contribution in [3.63, 3.8) is 0 Å². The smallest absolute Gasteiger partial charge is 0.236 e. The zero-order valence-corrected chi connectivity index (χ0v) is 15.8. The molecule has 158 valence electrons. The lowest BCUT2D eigenvalue weighted by Crippen LogP contribution is -2.67. The summed E-state index contributed by atoms with van der Waals surface area (Å²) in [6, 6.07) is -1.86. The predicted molar refractivity (Wildman–Crippen MR) is 96.2 cm³/mol. The van der Waals surface area contributed by atoms with E-state index in [1.54, 1.807) is 7.05 Å². The Morgan fingerprint density at radius 2 is 1.89 bits per heavy atom. The Kier molecular flexibility index (Phi) is 7.92. The number of hydrogen-bond donors (Lipinski definition) is 6. The van der Waals surface area contributed by atoms with Gasteiger partial charge in [0.2, 0.25) is 5.91 Å². The summed E-state index contributed by atoms with van der Waals surface area (Å²) in [5.74, 6) is -0.341. The van der Waals surface area contributed by atoms with Crippen LogP contribution in [0.15, 0.2) is 0 Å². The lowest BCUT2D eigenvalue weighted by Gasteiger charge is -2.48. The molecule has 1 saturated heterocycles. The van der Waals surface area contributed by atoms with E-state index in [0.29, 0.717) is 6.42 Å². The van der Waals surface area contributed by atoms with Crippen LogP contribution in [0.4, 0.5) is 0 Å². The molecule has 1 saturated carbocycles. The Hall–Kier alpha value is -0.890. The summed E-state index contributed by atoms with van der Waals surface area (Å²) < 4.78 is 17.0. The van der Waals surface area contributed by atoms with Crippen LogP contribution in [0.1, 0.15) is 12.8 Å². The van der Waals surface area contributed by atoms with Gasteiger partial charge in [-0.2, -0.15) is 0 Å². The van der Waals surface area contributed by atoms with Crippen LogP contribution in [0.3, 0.4) is 0 Å². The monoisotopic (exact) mass is 391 g/mol. The largest absolute Gasteiger partial charge is 0.390 e. The molecule has 2 fully saturated rings. The Bertz CT molecular complexity index is 500. The molecule has 9 unspecified atom stereocenters. The number of methoxy groups -OCH3 is 1. The van der Waals surface area contributed by atoms with Crippen LogP contribution in [-0.4, -0.2) is 103 Å². The second-order valence-electron chi connectivity index (χ2n) is 7.21. The Morgan fingerprint density at radius 3 is 2.44 bits per heavy atom. The maximum atomic E-state index is 12.0. The summed E-state index contributed by atoms with van der Waals surface area (Å²) in [4.78, 5) is 13.4. The average molecular weight is 391 g/mol. The molecule has 11 heteroatoms. The molecule has 2 rings (SSSR count). The van der Waals surface area contributed by atoms with Crippen molar-refractivity contribution in [2.45, 2.75) is 67.8 Å². The van der Waals surface area contributed by atoms with Crippen LogP contribution in [0, 0.1) is 0 Å². The SMILES string of the molecule is COC1CC(N)C(OC2OC(CN)C(O)CC2N)C(O)C1N(C)C(=O)CN. The minimum atomic E-state index is -1.14. The highest BCUT2D eigenvalue weighted by Crippen LogP contribution is 2.30. The lowest BCUT2D eigenvalue weighted by atomic mass is 9.83. The van der Waals surface area contributed by atoms with E-state index >= 15 is 0 Å². The third kappa shape index (κ3) is 4.75. The summed E-state index contributed by atoms with van der Waals surface area (Å²) in [6.07, 6.45) is -4.14. The summed E-state index contributed by atoms with van der Waals surface area (Å²) in [6.45, 7) is -0.0878. The van der Waals surface area contributed by atoms with Crippen molar-refractivity contribution in [3.8, 4) is 0 Å². The van der Waals surface area contributed by atoms with Gasteiger partial charge >= 0.3 is 0 Å². The maximum Gasteiger partial charge on any atom is 0.236 e. The third-order valence-electron chi connectivity index (χ3n) is 5.44. The van der Waals surface area contributed by atoms with Crippen LogP contribution in [0.25, 0.3) is 0 Å². The van der Waals surface area contributed by atoms with Gasteiger partial charge in [-0.25, -0.2) is 0 Å². The average Bonchev–Trinajstić information content (AvgIpc) is 2.64. The van der Waals surface area contributed by atoms with Crippen molar-refractivity contribution in [1.82, 2.24) is 4.90 Å². The first-order chi connectivity index (χ1) is 12.7. The number of rotatable bonds is 6. The molecule has 0 aromatic rings. The topological polar surface area (TPSA) is 193 Å². The number of aliphatic hydroxyl groups excluding tert-OH is 2. The number of ether oxygens (including phenoxy) is 3. The summed E-state index contributed by atoms with van der Waals surface area (Å²) >= 11 is 0. The molecule has 1 amide bonds. The summed E-state index contributed by atoms with van der Waals surface area (Å²) in [7, 11) is 3.04. The van der Waals surface area contributed by atoms with Gasteiger partial charge in [-0.05, 0) is 12.8 Å². The van der Waals surface area contributed by atoms with E-state index in [1.165, 1.54) is 12.0 Å². The number of nitrogens with zero attached hydrogens (tertiary/aromatic N) is 1. The lowest BCUT2D eigenvalue weighted by molar-refractivity contribution is -0.269. The Morgan fingerprint density at radius 1 is 1.22 bits per heavy atom. The van der Waals surface area contributed by atoms with Gasteiger partial charge in [-0.3, -0.25) is 4.79 Å². The first kappa shape index (κ1) is 22.4. The van der Waals surface area contributed by atoms with Gasteiger partial charge in [0, 0.05) is 26.7 Å². The molecule has 10 N–H and O–H groups in total. The Balaban J connectivity index is 2.16. The van der Waals surface area contributed by atoms with E-state index in [2.05, 4.69) is 0 Å². The standard InChI is InChI=1S/C16H33N5O6/c1-21(12(23)6-18)13-10(25-2)4-7(19)15(14(13)24)27-16-8(20)3-9(22)11(5-17)26-16/h7-11,13-16,22,24H,3-6,17-20H2,1-2H3. The van der Waals surface area contributed by atoms with E-state index in [4.69, 9.17) is 37.1 Å². The molecule has 0 radical (unpaired) electrons. The molecular formula is C16H33N5O6. The molecule has 0 aromatic carbocycles. The fraction of sp³-hybridized carbons (Fsp3) is 0.938. The zero-order valence-electron chi connectivity index (χ0n) is 15.8. The minimum absolute atomic E-state index is 0.106. The zero-order chi connectivity index (χ0) is 20.3. The first-order valence-electron chi connectivity index (χ1n) is 9.11. The van der Waals surface area contributed by atoms with Gasteiger partial charge in [0.1, 0.15) is 12.2 Å². The van der Waals surface area contributed by atoms with E-state index in [0.717, 1.165) is 0 Å². The van der Waals surface area contributed by atoms with Crippen molar-refractivity contribution in [2.75, 3.05) is 27.2 Å².